The Hall–Kier alpha value is -1.24. The smallest absolute Gasteiger partial charge is 0.329 e. The number of benzene rings is 1. The molecule has 1 aromatic carbocycles. The Labute approximate surface area is 227 Å². The third-order valence-corrected chi connectivity index (χ3v) is 6.88. The first kappa shape index (κ1) is 33.8. The summed E-state index contributed by atoms with van der Waals surface area (Å²) in [6, 6.07) is 7.88. The first-order chi connectivity index (χ1) is 18.1. The van der Waals surface area contributed by atoms with Crippen LogP contribution in [0.3, 0.4) is 0 Å². The van der Waals surface area contributed by atoms with Gasteiger partial charge in [-0.2, -0.15) is 0 Å². The molecule has 0 heterocycles. The lowest BCUT2D eigenvalue weighted by atomic mass is 10.1. The van der Waals surface area contributed by atoms with Crippen LogP contribution in [0.2, 0.25) is 0 Å². The Balaban J connectivity index is 2.32. The molecule has 8 heteroatoms. The van der Waals surface area contributed by atoms with Crippen molar-refractivity contribution >= 4 is 14.6 Å². The molecule has 0 fully saturated rings. The van der Waals surface area contributed by atoms with Gasteiger partial charge in [-0.15, -0.1) is 0 Å². The third-order valence-electron chi connectivity index (χ3n) is 6.11. The first-order valence-corrected chi connectivity index (χ1v) is 15.5. The minimum Gasteiger partial charge on any atom is -0.494 e. The molecule has 0 radical (unpaired) electrons. The van der Waals surface area contributed by atoms with E-state index in [9.17, 15) is 9.69 Å². The molecule has 214 valence electrons. The summed E-state index contributed by atoms with van der Waals surface area (Å²) < 4.78 is 22.3. The van der Waals surface area contributed by atoms with Crippen molar-refractivity contribution in [1.29, 1.82) is 0 Å². The van der Waals surface area contributed by atoms with Crippen molar-refractivity contribution in [2.75, 3.05) is 33.4 Å². The van der Waals surface area contributed by atoms with Crippen molar-refractivity contribution in [3.05, 3.63) is 29.8 Å². The van der Waals surface area contributed by atoms with Crippen LogP contribution in [-0.4, -0.2) is 50.4 Å². The molecule has 0 spiro atoms. The van der Waals surface area contributed by atoms with Gasteiger partial charge >= 0.3 is 14.6 Å². The number of hydrogen-bond donors (Lipinski definition) is 2. The maximum absolute atomic E-state index is 11.9. The van der Waals surface area contributed by atoms with Gasteiger partial charge in [0.15, 0.2) is 0 Å². The van der Waals surface area contributed by atoms with E-state index in [-0.39, 0.29) is 19.0 Å². The van der Waals surface area contributed by atoms with Crippen LogP contribution >= 0.6 is 8.60 Å². The minimum absolute atomic E-state index is 0.0732. The van der Waals surface area contributed by atoms with Crippen molar-refractivity contribution in [3.8, 4) is 5.75 Å². The molecule has 2 N–H and O–H groups in total. The van der Waals surface area contributed by atoms with Gasteiger partial charge in [0, 0.05) is 12.8 Å². The van der Waals surface area contributed by atoms with Crippen LogP contribution in [0.25, 0.3) is 0 Å². The van der Waals surface area contributed by atoms with E-state index in [1.165, 1.54) is 64.2 Å². The fourth-order valence-electron chi connectivity index (χ4n) is 3.96. The topological polar surface area (TPSA) is 86.2 Å². The van der Waals surface area contributed by atoms with E-state index >= 15 is 0 Å². The van der Waals surface area contributed by atoms with E-state index in [0.29, 0.717) is 19.6 Å². The molecule has 0 aliphatic heterocycles. The zero-order valence-corrected chi connectivity index (χ0v) is 24.4. The van der Waals surface area contributed by atoms with Gasteiger partial charge < -0.3 is 28.7 Å². The van der Waals surface area contributed by atoms with Crippen molar-refractivity contribution in [2.24, 2.45) is 0 Å². The monoisotopic (exact) mass is 541 g/mol. The summed E-state index contributed by atoms with van der Waals surface area (Å²) in [6.45, 7) is 6.01. The molecule has 0 aliphatic rings. The predicted octanol–water partition coefficient (Wildman–Crippen LogP) is 7.10. The summed E-state index contributed by atoms with van der Waals surface area (Å²) in [4.78, 5) is 21.9. The summed E-state index contributed by atoms with van der Waals surface area (Å²) in [5.41, 5.74) is 0.992. The number of unbranched alkanes of at least 4 members (excludes halogenated alkanes) is 10. The van der Waals surface area contributed by atoms with Crippen LogP contribution < -0.4 is 10.1 Å². The third kappa shape index (κ3) is 19.5. The molecular weight excluding hydrogens is 489 g/mol. The SMILES string of the molecule is CCCCCCCCCCCCCOc1cccc(CC(COP(O)OCCCNC)OC(=O)CC)c1. The molecule has 0 saturated carbocycles. The maximum Gasteiger partial charge on any atom is 0.329 e. The van der Waals surface area contributed by atoms with Gasteiger partial charge in [0.1, 0.15) is 11.9 Å². The molecule has 0 aliphatic carbocycles. The zero-order valence-electron chi connectivity index (χ0n) is 23.6. The van der Waals surface area contributed by atoms with Gasteiger partial charge in [-0.05, 0) is 44.1 Å². The lowest BCUT2D eigenvalue weighted by Crippen LogP contribution is -2.25. The van der Waals surface area contributed by atoms with Crippen LogP contribution in [-0.2, 0) is 25.0 Å². The van der Waals surface area contributed by atoms with E-state index in [4.69, 9.17) is 18.5 Å². The van der Waals surface area contributed by atoms with Crippen LogP contribution in [0.4, 0.5) is 0 Å². The van der Waals surface area contributed by atoms with E-state index in [0.717, 1.165) is 30.7 Å². The average molecular weight is 542 g/mol. The molecule has 2 unspecified atom stereocenters. The van der Waals surface area contributed by atoms with Crippen LogP contribution in [0, 0.1) is 0 Å². The van der Waals surface area contributed by atoms with Crippen molar-refractivity contribution < 1.29 is 28.2 Å². The summed E-state index contributed by atoms with van der Waals surface area (Å²) in [7, 11) is -0.140. The first-order valence-electron chi connectivity index (χ1n) is 14.4. The van der Waals surface area contributed by atoms with Crippen LogP contribution in [0.15, 0.2) is 24.3 Å². The zero-order chi connectivity index (χ0) is 27.0. The van der Waals surface area contributed by atoms with Crippen LogP contribution in [0.5, 0.6) is 5.75 Å². The predicted molar refractivity (Wildman–Crippen MR) is 152 cm³/mol. The molecule has 0 saturated heterocycles. The molecule has 0 bridgehead atoms. The highest BCUT2D eigenvalue weighted by atomic mass is 31.2. The van der Waals surface area contributed by atoms with E-state index < -0.39 is 14.7 Å². The summed E-state index contributed by atoms with van der Waals surface area (Å²) in [5, 5.41) is 3.02. The van der Waals surface area contributed by atoms with Gasteiger partial charge in [-0.3, -0.25) is 4.79 Å². The molecular formula is C29H52NO6P. The fourth-order valence-corrected chi connectivity index (χ4v) is 4.61. The van der Waals surface area contributed by atoms with Gasteiger partial charge in [-0.25, -0.2) is 0 Å². The van der Waals surface area contributed by atoms with E-state index in [1.54, 1.807) is 6.92 Å². The number of carbonyl (C=O) groups is 1. The molecule has 1 aromatic rings. The van der Waals surface area contributed by atoms with Gasteiger partial charge in [0.25, 0.3) is 0 Å². The number of carbonyl (C=O) groups excluding carboxylic acids is 1. The molecule has 2 atom stereocenters. The Bertz CT molecular complexity index is 678. The average Bonchev–Trinajstić information content (AvgIpc) is 2.90. The molecule has 1 rings (SSSR count). The Morgan fingerprint density at radius 1 is 0.919 bits per heavy atom. The second-order valence-corrected chi connectivity index (χ2v) is 10.5. The lowest BCUT2D eigenvalue weighted by molar-refractivity contribution is -0.150. The normalized spacial score (nSPS) is 12.9. The number of nitrogens with one attached hydrogen (secondary N) is 1. The molecule has 7 nitrogen and oxygen atoms in total. The Morgan fingerprint density at radius 3 is 2.24 bits per heavy atom. The van der Waals surface area contributed by atoms with Gasteiger partial charge in [-0.1, -0.05) is 90.2 Å². The van der Waals surface area contributed by atoms with E-state index in [1.807, 2.05) is 31.3 Å². The number of rotatable bonds is 25. The summed E-state index contributed by atoms with van der Waals surface area (Å²) >= 11 is 0. The van der Waals surface area contributed by atoms with Crippen LogP contribution in [0.1, 0.15) is 103 Å². The number of esters is 1. The largest absolute Gasteiger partial charge is 0.494 e. The van der Waals surface area contributed by atoms with E-state index in [2.05, 4.69) is 12.2 Å². The second kappa shape index (κ2) is 23.8. The number of hydrogen-bond acceptors (Lipinski definition) is 7. The summed E-state index contributed by atoms with van der Waals surface area (Å²) in [6.07, 6.45) is 15.5. The Kier molecular flexibility index (Phi) is 21.8. The maximum atomic E-state index is 11.9. The highest BCUT2D eigenvalue weighted by molar-refractivity contribution is 7.40. The highest BCUT2D eigenvalue weighted by Gasteiger charge is 2.18. The fraction of sp³-hybridized carbons (Fsp3) is 0.759. The lowest BCUT2D eigenvalue weighted by Gasteiger charge is -2.19. The standard InChI is InChI=1S/C29H52NO6P/c1-4-6-7-8-9-10-11-12-13-14-15-21-33-27-19-16-18-26(23-27)24-28(36-29(31)5-2)25-35-37(32)34-22-17-20-30-3/h16,18-19,23,28,30,32H,4-15,17,20-22,24-25H2,1-3H3. The quantitative estimate of drug-likeness (QED) is 0.0775. The second-order valence-electron chi connectivity index (χ2n) is 9.52. The molecule has 0 amide bonds. The van der Waals surface area contributed by atoms with Gasteiger partial charge in [0.05, 0.1) is 19.8 Å². The molecule has 0 aromatic heterocycles. The summed E-state index contributed by atoms with van der Waals surface area (Å²) in [5.74, 6) is 0.526. The minimum atomic E-state index is -2.00. The highest BCUT2D eigenvalue weighted by Crippen LogP contribution is 2.33. The van der Waals surface area contributed by atoms with Gasteiger partial charge in [0.2, 0.25) is 0 Å². The number of ether oxygens (including phenoxy) is 2. The van der Waals surface area contributed by atoms with Crippen molar-refractivity contribution in [3.63, 3.8) is 0 Å². The Morgan fingerprint density at radius 2 is 1.59 bits per heavy atom. The molecule has 37 heavy (non-hydrogen) atoms. The van der Waals surface area contributed by atoms with Crippen molar-refractivity contribution in [1.82, 2.24) is 5.32 Å². The van der Waals surface area contributed by atoms with Crippen molar-refractivity contribution in [2.45, 2.75) is 110 Å².